The standard InChI is InChI=1S/C14H14N2O2/c17-13(12-4-2-1-3-5-12)14(18)16-10-11-6-8-15-9-7-11/h1-9,13,17H,10H2,(H,16,18). The molecule has 0 radical (unpaired) electrons. The first-order valence-electron chi connectivity index (χ1n) is 5.67. The molecule has 0 spiro atoms. The van der Waals surface area contributed by atoms with Crippen molar-refractivity contribution in [1.82, 2.24) is 10.3 Å². The summed E-state index contributed by atoms with van der Waals surface area (Å²) in [7, 11) is 0. The van der Waals surface area contributed by atoms with Gasteiger partial charge in [0.05, 0.1) is 0 Å². The maximum absolute atomic E-state index is 11.7. The SMILES string of the molecule is O=C(NCc1ccncc1)C(O)c1ccccc1. The number of pyridine rings is 1. The van der Waals surface area contributed by atoms with Gasteiger partial charge in [-0.05, 0) is 23.3 Å². The quantitative estimate of drug-likeness (QED) is 0.852. The highest BCUT2D eigenvalue weighted by Gasteiger charge is 2.16. The van der Waals surface area contributed by atoms with Crippen molar-refractivity contribution in [2.24, 2.45) is 0 Å². The van der Waals surface area contributed by atoms with Crippen molar-refractivity contribution in [3.8, 4) is 0 Å². The molecule has 2 rings (SSSR count). The molecule has 2 aromatic rings. The van der Waals surface area contributed by atoms with Crippen molar-refractivity contribution >= 4 is 5.91 Å². The van der Waals surface area contributed by atoms with E-state index in [2.05, 4.69) is 10.3 Å². The first kappa shape index (κ1) is 12.3. The Balaban J connectivity index is 1.93. The van der Waals surface area contributed by atoms with Crippen LogP contribution in [0.5, 0.6) is 0 Å². The van der Waals surface area contributed by atoms with Gasteiger partial charge in [-0.25, -0.2) is 0 Å². The van der Waals surface area contributed by atoms with Crippen molar-refractivity contribution in [3.63, 3.8) is 0 Å². The van der Waals surface area contributed by atoms with E-state index in [1.54, 1.807) is 36.7 Å². The predicted molar refractivity (Wildman–Crippen MR) is 67.5 cm³/mol. The molecule has 1 amide bonds. The second kappa shape index (κ2) is 5.93. The molecule has 1 atom stereocenters. The summed E-state index contributed by atoms with van der Waals surface area (Å²) in [6.07, 6.45) is 2.19. The lowest BCUT2D eigenvalue weighted by molar-refractivity contribution is -0.129. The third-order valence-corrected chi connectivity index (χ3v) is 2.58. The third kappa shape index (κ3) is 3.15. The summed E-state index contributed by atoms with van der Waals surface area (Å²) in [6.45, 7) is 0.380. The summed E-state index contributed by atoms with van der Waals surface area (Å²) < 4.78 is 0. The van der Waals surface area contributed by atoms with Crippen LogP contribution < -0.4 is 5.32 Å². The molecule has 4 nitrogen and oxygen atoms in total. The molecule has 1 unspecified atom stereocenters. The number of benzene rings is 1. The van der Waals surface area contributed by atoms with Gasteiger partial charge >= 0.3 is 0 Å². The van der Waals surface area contributed by atoms with E-state index in [9.17, 15) is 9.90 Å². The van der Waals surface area contributed by atoms with E-state index in [1.165, 1.54) is 0 Å². The average Bonchev–Trinajstić information content (AvgIpc) is 2.46. The minimum Gasteiger partial charge on any atom is -0.378 e. The lowest BCUT2D eigenvalue weighted by atomic mass is 10.1. The van der Waals surface area contributed by atoms with Crippen LogP contribution in [0.15, 0.2) is 54.9 Å². The molecule has 2 N–H and O–H groups in total. The van der Waals surface area contributed by atoms with Gasteiger partial charge in [-0.15, -0.1) is 0 Å². The Labute approximate surface area is 105 Å². The van der Waals surface area contributed by atoms with Crippen molar-refractivity contribution in [2.75, 3.05) is 0 Å². The summed E-state index contributed by atoms with van der Waals surface area (Å²) in [6, 6.07) is 12.5. The van der Waals surface area contributed by atoms with Crippen molar-refractivity contribution < 1.29 is 9.90 Å². The van der Waals surface area contributed by atoms with Crippen LogP contribution in [0.2, 0.25) is 0 Å². The maximum Gasteiger partial charge on any atom is 0.253 e. The largest absolute Gasteiger partial charge is 0.378 e. The summed E-state index contributed by atoms with van der Waals surface area (Å²) in [5.41, 5.74) is 1.53. The van der Waals surface area contributed by atoms with Crippen LogP contribution in [0.25, 0.3) is 0 Å². The fourth-order valence-corrected chi connectivity index (χ4v) is 1.57. The van der Waals surface area contributed by atoms with Gasteiger partial charge in [-0.1, -0.05) is 30.3 Å². The van der Waals surface area contributed by atoms with Crippen molar-refractivity contribution in [3.05, 3.63) is 66.0 Å². The number of carbonyl (C=O) groups excluding carboxylic acids is 1. The van der Waals surface area contributed by atoms with Gasteiger partial charge in [0, 0.05) is 18.9 Å². The highest BCUT2D eigenvalue weighted by atomic mass is 16.3. The Morgan fingerprint density at radius 2 is 1.83 bits per heavy atom. The van der Waals surface area contributed by atoms with Crippen molar-refractivity contribution in [2.45, 2.75) is 12.6 Å². The Kier molecular flexibility index (Phi) is 4.04. The number of hydrogen-bond acceptors (Lipinski definition) is 3. The van der Waals surface area contributed by atoms with Gasteiger partial charge in [0.1, 0.15) is 0 Å². The molecule has 1 heterocycles. The highest BCUT2D eigenvalue weighted by molar-refractivity contribution is 5.81. The second-order valence-electron chi connectivity index (χ2n) is 3.89. The molecule has 0 saturated heterocycles. The summed E-state index contributed by atoms with van der Waals surface area (Å²) in [4.78, 5) is 15.6. The zero-order chi connectivity index (χ0) is 12.8. The zero-order valence-corrected chi connectivity index (χ0v) is 9.78. The zero-order valence-electron chi connectivity index (χ0n) is 9.78. The molecule has 0 saturated carbocycles. The number of nitrogens with zero attached hydrogens (tertiary/aromatic N) is 1. The van der Waals surface area contributed by atoms with E-state index in [0.29, 0.717) is 12.1 Å². The summed E-state index contributed by atoms with van der Waals surface area (Å²) >= 11 is 0. The molecule has 1 aromatic carbocycles. The fraction of sp³-hybridized carbons (Fsp3) is 0.143. The number of nitrogens with one attached hydrogen (secondary N) is 1. The molecule has 92 valence electrons. The van der Waals surface area contributed by atoms with Crippen LogP contribution in [0, 0.1) is 0 Å². The molecule has 0 aliphatic carbocycles. The second-order valence-corrected chi connectivity index (χ2v) is 3.89. The van der Waals surface area contributed by atoms with E-state index in [-0.39, 0.29) is 0 Å². The summed E-state index contributed by atoms with van der Waals surface area (Å²) in [5.74, 6) is -0.405. The average molecular weight is 242 g/mol. The number of aromatic nitrogens is 1. The Morgan fingerprint density at radius 1 is 1.17 bits per heavy atom. The number of aliphatic hydroxyl groups excluding tert-OH is 1. The molecule has 0 fully saturated rings. The molecule has 1 aromatic heterocycles. The molecular formula is C14H14N2O2. The minimum atomic E-state index is -1.13. The molecule has 18 heavy (non-hydrogen) atoms. The van der Waals surface area contributed by atoms with Crippen LogP contribution >= 0.6 is 0 Å². The Morgan fingerprint density at radius 3 is 2.50 bits per heavy atom. The number of rotatable bonds is 4. The highest BCUT2D eigenvalue weighted by Crippen LogP contribution is 2.12. The Bertz CT molecular complexity index is 500. The number of amides is 1. The van der Waals surface area contributed by atoms with Gasteiger partial charge < -0.3 is 10.4 Å². The number of aliphatic hydroxyl groups is 1. The minimum absolute atomic E-state index is 0.380. The maximum atomic E-state index is 11.7. The fourth-order valence-electron chi connectivity index (χ4n) is 1.57. The van der Waals surface area contributed by atoms with Crippen LogP contribution in [-0.4, -0.2) is 16.0 Å². The first-order chi connectivity index (χ1) is 8.77. The Hall–Kier alpha value is -2.20. The third-order valence-electron chi connectivity index (χ3n) is 2.58. The van der Waals surface area contributed by atoms with Crippen molar-refractivity contribution in [1.29, 1.82) is 0 Å². The number of hydrogen-bond donors (Lipinski definition) is 2. The molecule has 4 heteroatoms. The normalized spacial score (nSPS) is 11.8. The first-order valence-corrected chi connectivity index (χ1v) is 5.67. The number of carbonyl (C=O) groups is 1. The van der Waals surface area contributed by atoms with Crippen LogP contribution in [0.3, 0.4) is 0 Å². The van der Waals surface area contributed by atoms with Gasteiger partial charge in [-0.3, -0.25) is 9.78 Å². The van der Waals surface area contributed by atoms with E-state index in [4.69, 9.17) is 0 Å². The van der Waals surface area contributed by atoms with Crippen LogP contribution in [0.4, 0.5) is 0 Å². The van der Waals surface area contributed by atoms with Crippen LogP contribution in [0.1, 0.15) is 17.2 Å². The molecular weight excluding hydrogens is 228 g/mol. The van der Waals surface area contributed by atoms with Gasteiger partial charge in [0.2, 0.25) is 0 Å². The smallest absolute Gasteiger partial charge is 0.253 e. The molecule has 0 aliphatic rings. The van der Waals surface area contributed by atoms with E-state index in [0.717, 1.165) is 5.56 Å². The summed E-state index contributed by atoms with van der Waals surface area (Å²) in [5, 5.41) is 12.5. The van der Waals surface area contributed by atoms with E-state index < -0.39 is 12.0 Å². The lowest BCUT2D eigenvalue weighted by Crippen LogP contribution is -2.28. The van der Waals surface area contributed by atoms with Gasteiger partial charge in [-0.2, -0.15) is 0 Å². The monoisotopic (exact) mass is 242 g/mol. The topological polar surface area (TPSA) is 62.2 Å². The van der Waals surface area contributed by atoms with E-state index >= 15 is 0 Å². The predicted octanol–water partition coefficient (Wildman–Crippen LogP) is 1.43. The van der Waals surface area contributed by atoms with E-state index in [1.807, 2.05) is 18.2 Å². The molecule has 0 bridgehead atoms. The lowest BCUT2D eigenvalue weighted by Gasteiger charge is -2.11. The molecule has 0 aliphatic heterocycles. The van der Waals surface area contributed by atoms with Gasteiger partial charge in [0.15, 0.2) is 6.10 Å². The van der Waals surface area contributed by atoms with Crippen LogP contribution in [-0.2, 0) is 11.3 Å². The van der Waals surface area contributed by atoms with Gasteiger partial charge in [0.25, 0.3) is 5.91 Å².